The third-order valence-electron chi connectivity index (χ3n) is 4.73. The lowest BCUT2D eigenvalue weighted by Crippen LogP contribution is -2.47. The number of rotatable bonds is 12. The van der Waals surface area contributed by atoms with Crippen molar-refractivity contribution in [2.24, 2.45) is 0 Å². The summed E-state index contributed by atoms with van der Waals surface area (Å²) < 4.78 is 32.5. The van der Waals surface area contributed by atoms with E-state index in [-0.39, 0.29) is 31.7 Å². The lowest BCUT2D eigenvalue weighted by atomic mass is 9.99. The molecule has 3 unspecified atom stereocenters. The van der Waals surface area contributed by atoms with E-state index in [4.69, 9.17) is 0 Å². The van der Waals surface area contributed by atoms with Crippen LogP contribution in [-0.4, -0.2) is 58.6 Å². The molecule has 146 valence electrons. The molecule has 1 aliphatic rings. The van der Waals surface area contributed by atoms with Crippen LogP contribution in [0.25, 0.3) is 0 Å². The largest absolute Gasteiger partial charge is 0.394 e. The molecule has 1 aliphatic carbocycles. The molecule has 0 aromatic rings. The van der Waals surface area contributed by atoms with Crippen LogP contribution >= 0.6 is 0 Å². The first-order valence-corrected chi connectivity index (χ1v) is 10.7. The molecule has 0 aromatic carbocycles. The van der Waals surface area contributed by atoms with E-state index in [1.807, 2.05) is 11.0 Å². The Balaban J connectivity index is 3.11. The maximum atomic E-state index is 11.5. The van der Waals surface area contributed by atoms with E-state index >= 15 is 0 Å². The van der Waals surface area contributed by atoms with Crippen LogP contribution in [0.15, 0.2) is 23.9 Å². The summed E-state index contributed by atoms with van der Waals surface area (Å²) >= 11 is 0. The van der Waals surface area contributed by atoms with Crippen LogP contribution < -0.4 is 0 Å². The van der Waals surface area contributed by atoms with E-state index in [2.05, 4.69) is 13.8 Å². The van der Waals surface area contributed by atoms with Crippen LogP contribution in [0.3, 0.4) is 0 Å². The number of aliphatic hydroxyl groups is 2. The molecule has 0 amide bonds. The Kier molecular flexibility index (Phi) is 9.71. The summed E-state index contributed by atoms with van der Waals surface area (Å²) in [6, 6.07) is -0.345. The first-order valence-electron chi connectivity index (χ1n) is 9.22. The van der Waals surface area contributed by atoms with Gasteiger partial charge in [-0.1, -0.05) is 51.7 Å². The van der Waals surface area contributed by atoms with Gasteiger partial charge in [0.05, 0.1) is 25.3 Å². The molecule has 25 heavy (non-hydrogen) atoms. The predicted molar refractivity (Wildman–Crippen MR) is 99.8 cm³/mol. The van der Waals surface area contributed by atoms with Crippen molar-refractivity contribution in [3.05, 3.63) is 23.9 Å². The summed E-state index contributed by atoms with van der Waals surface area (Å²) in [6.45, 7) is 4.05. The Morgan fingerprint density at radius 3 is 2.04 bits per heavy atom. The maximum Gasteiger partial charge on any atom is 0.271 e. The smallest absolute Gasteiger partial charge is 0.271 e. The van der Waals surface area contributed by atoms with Crippen molar-refractivity contribution in [1.82, 2.24) is 4.90 Å². The molecule has 0 saturated heterocycles. The van der Waals surface area contributed by atoms with Gasteiger partial charge in [0.25, 0.3) is 10.1 Å². The highest BCUT2D eigenvalue weighted by molar-refractivity contribution is 7.86. The van der Waals surface area contributed by atoms with E-state index < -0.39 is 15.4 Å². The fraction of sp³-hybridized carbons (Fsp3) is 0.778. The van der Waals surface area contributed by atoms with E-state index in [0.717, 1.165) is 44.2 Å². The number of hydrogen-bond donors (Lipinski definition) is 3. The summed E-state index contributed by atoms with van der Waals surface area (Å²) in [5.74, 6) is 0. The molecule has 0 spiro atoms. The molecular weight excluding hydrogens is 342 g/mol. The zero-order valence-electron chi connectivity index (χ0n) is 15.3. The molecule has 0 heterocycles. The summed E-state index contributed by atoms with van der Waals surface area (Å²) in [5.41, 5.74) is 0.746. The minimum absolute atomic E-state index is 0.0553. The monoisotopic (exact) mass is 375 g/mol. The number of aliphatic hydroxyl groups excluding tert-OH is 2. The van der Waals surface area contributed by atoms with Crippen LogP contribution in [0, 0.1) is 0 Å². The van der Waals surface area contributed by atoms with Gasteiger partial charge in [-0.15, -0.1) is 0 Å². The molecular formula is C18H33NO5S. The second-order valence-corrected chi connectivity index (χ2v) is 8.30. The van der Waals surface area contributed by atoms with Gasteiger partial charge in [-0.05, 0) is 18.9 Å². The Bertz CT molecular complexity index is 528. The first-order chi connectivity index (χ1) is 11.9. The third kappa shape index (κ3) is 6.73. The van der Waals surface area contributed by atoms with Crippen LogP contribution in [0.1, 0.15) is 58.8 Å². The third-order valence-corrected chi connectivity index (χ3v) is 5.82. The summed E-state index contributed by atoms with van der Waals surface area (Å²) in [4.78, 5) is 1.99. The molecule has 3 N–H and O–H groups in total. The zero-order valence-corrected chi connectivity index (χ0v) is 16.2. The van der Waals surface area contributed by atoms with Gasteiger partial charge in [0.15, 0.2) is 0 Å². The van der Waals surface area contributed by atoms with Gasteiger partial charge in [0, 0.05) is 12.1 Å². The quantitative estimate of drug-likeness (QED) is 0.453. The van der Waals surface area contributed by atoms with Crippen molar-refractivity contribution >= 4 is 10.1 Å². The van der Waals surface area contributed by atoms with Gasteiger partial charge in [0.2, 0.25) is 0 Å². The number of unbranched alkanes of at least 4 members (excludes halogenated alkanes) is 2. The second-order valence-electron chi connectivity index (χ2n) is 6.66. The molecule has 0 aliphatic heterocycles. The van der Waals surface area contributed by atoms with E-state index in [0.29, 0.717) is 0 Å². The Morgan fingerprint density at radius 1 is 1.12 bits per heavy atom. The van der Waals surface area contributed by atoms with Crippen molar-refractivity contribution in [3.8, 4) is 0 Å². The summed E-state index contributed by atoms with van der Waals surface area (Å²) in [6.07, 6.45) is 10.5. The van der Waals surface area contributed by atoms with Gasteiger partial charge in [-0.25, -0.2) is 0 Å². The fourth-order valence-electron chi connectivity index (χ4n) is 3.31. The van der Waals surface area contributed by atoms with Crippen LogP contribution in [0.2, 0.25) is 0 Å². The van der Waals surface area contributed by atoms with Crippen LogP contribution in [0.4, 0.5) is 0 Å². The second kappa shape index (κ2) is 11.0. The normalized spacial score (nSPS) is 20.2. The van der Waals surface area contributed by atoms with Crippen LogP contribution in [-0.2, 0) is 10.1 Å². The summed E-state index contributed by atoms with van der Waals surface area (Å²) in [7, 11) is -4.17. The summed E-state index contributed by atoms with van der Waals surface area (Å²) in [5, 5.41) is 18.8. The van der Waals surface area contributed by atoms with Crippen molar-refractivity contribution in [2.45, 2.75) is 76.1 Å². The lowest BCUT2D eigenvalue weighted by Gasteiger charge is -2.41. The minimum atomic E-state index is -4.17. The minimum Gasteiger partial charge on any atom is -0.394 e. The van der Waals surface area contributed by atoms with Crippen LogP contribution in [0.5, 0.6) is 0 Å². The van der Waals surface area contributed by atoms with Crippen molar-refractivity contribution in [1.29, 1.82) is 0 Å². The highest BCUT2D eigenvalue weighted by Crippen LogP contribution is 2.28. The molecule has 0 aromatic heterocycles. The number of nitrogens with zero attached hydrogens (tertiary/aromatic N) is 1. The van der Waals surface area contributed by atoms with Crippen molar-refractivity contribution in [3.63, 3.8) is 0 Å². The van der Waals surface area contributed by atoms with E-state index in [1.54, 1.807) is 6.08 Å². The topological polar surface area (TPSA) is 98.1 Å². The highest BCUT2D eigenvalue weighted by atomic mass is 32.2. The van der Waals surface area contributed by atoms with E-state index in [9.17, 15) is 23.2 Å². The Morgan fingerprint density at radius 2 is 1.64 bits per heavy atom. The highest BCUT2D eigenvalue weighted by Gasteiger charge is 2.31. The molecule has 0 radical (unpaired) electrons. The van der Waals surface area contributed by atoms with Gasteiger partial charge in [0.1, 0.15) is 5.25 Å². The fourth-order valence-corrected chi connectivity index (χ4v) is 3.98. The number of allylic oxidation sites excluding steroid dienone is 3. The number of hydrogen-bond acceptors (Lipinski definition) is 5. The lowest BCUT2D eigenvalue weighted by molar-refractivity contribution is 0.0665. The van der Waals surface area contributed by atoms with Crippen molar-refractivity contribution in [2.75, 3.05) is 13.2 Å². The van der Waals surface area contributed by atoms with Crippen molar-refractivity contribution < 1.29 is 23.2 Å². The molecule has 1 rings (SSSR count). The standard InChI is InChI=1S/C18H33NO5S/c1-3-5-8-16(13-20)19(17(14-21)9-6-4-2)15-10-7-11-18(12-15)25(22,23)24/h7,10-11,16-18,20-21H,3-6,8-9,12-14H2,1-2H3,(H,22,23,24). The first kappa shape index (κ1) is 22.2. The average molecular weight is 376 g/mol. The molecule has 7 heteroatoms. The molecule has 0 bridgehead atoms. The Labute approximate surface area is 152 Å². The zero-order chi connectivity index (χ0) is 18.9. The van der Waals surface area contributed by atoms with E-state index in [1.165, 1.54) is 6.08 Å². The van der Waals surface area contributed by atoms with Gasteiger partial charge < -0.3 is 15.1 Å². The van der Waals surface area contributed by atoms with Gasteiger partial charge in [-0.2, -0.15) is 8.42 Å². The predicted octanol–water partition coefficient (Wildman–Crippen LogP) is 2.49. The molecule has 0 fully saturated rings. The van der Waals surface area contributed by atoms with Gasteiger partial charge >= 0.3 is 0 Å². The van der Waals surface area contributed by atoms with Gasteiger partial charge in [-0.3, -0.25) is 4.55 Å². The molecule has 6 nitrogen and oxygen atoms in total. The average Bonchev–Trinajstić information content (AvgIpc) is 2.60. The SMILES string of the molecule is CCCCC(CO)N(C1=CC=CC(S(=O)(=O)O)C1)C(CO)CCCC. The molecule has 3 atom stereocenters. The molecule has 0 saturated carbocycles. The Hall–Kier alpha value is -0.890. The maximum absolute atomic E-state index is 11.5.